The SMILES string of the molecule is Cc1cccc(C)c1N(c1cc2c3c(c1)Oc1cc4c(cc1B3c1ccccc1O2)B1c2cc3c(cc2N(c2ccccc2)c2cc(N(c5c(C)cccc5C)c5c(C)cccc5C)cc(c21)O4)N(c1ccccc1)c1cc(N(c2c(C)cccc2C)c2c(C)cccc2C)cc2c1B3c1ccccc1O2)c1c(C)cccc1C. The molecule has 0 bridgehead atoms. The lowest BCUT2D eigenvalue weighted by Crippen LogP contribution is -2.64. The Labute approximate surface area is 668 Å². The van der Waals surface area contributed by atoms with Crippen LogP contribution in [0.2, 0.25) is 0 Å². The average molecular weight is 1470 g/mol. The predicted octanol–water partition coefficient (Wildman–Crippen LogP) is 21.3. The molecule has 9 nitrogen and oxygen atoms in total. The molecule has 0 N–H and O–H groups in total. The van der Waals surface area contributed by atoms with E-state index in [2.05, 4.69) is 387 Å². The van der Waals surface area contributed by atoms with Crippen LogP contribution in [0.5, 0.6) is 46.0 Å². The van der Waals surface area contributed by atoms with Crippen LogP contribution in [0.25, 0.3) is 0 Å². The molecular formula is C102H82B3N5O4. The van der Waals surface area contributed by atoms with Crippen molar-refractivity contribution in [2.75, 3.05) is 24.5 Å². The highest BCUT2D eigenvalue weighted by Gasteiger charge is 2.50. The summed E-state index contributed by atoms with van der Waals surface area (Å²) in [6.07, 6.45) is 0. The molecule has 0 spiro atoms. The topological polar surface area (TPSA) is 53.1 Å². The smallest absolute Gasteiger partial charge is 0.260 e. The summed E-state index contributed by atoms with van der Waals surface area (Å²) in [5.41, 5.74) is 39.7. The Bertz CT molecular complexity index is 6340. The van der Waals surface area contributed by atoms with E-state index in [0.717, 1.165) is 220 Å². The number of para-hydroxylation sites is 10. The lowest BCUT2D eigenvalue weighted by molar-refractivity contribution is 0.456. The second kappa shape index (κ2) is 26.2. The van der Waals surface area contributed by atoms with Crippen molar-refractivity contribution in [1.29, 1.82) is 0 Å². The summed E-state index contributed by atoms with van der Waals surface area (Å²) >= 11 is 0. The fourth-order valence-electron chi connectivity index (χ4n) is 20.0. The first-order valence-electron chi connectivity index (χ1n) is 39.8. The zero-order chi connectivity index (χ0) is 77.4. The second-order valence-electron chi connectivity index (χ2n) is 32.1. The number of fused-ring (bicyclic) bond motifs is 12. The van der Waals surface area contributed by atoms with Crippen LogP contribution >= 0.6 is 0 Å². The number of nitrogens with zero attached hydrogens (tertiary/aromatic N) is 5. The van der Waals surface area contributed by atoms with Gasteiger partial charge in [0.15, 0.2) is 0 Å². The van der Waals surface area contributed by atoms with Gasteiger partial charge in [0.2, 0.25) is 0 Å². The Hall–Kier alpha value is -13.3. The van der Waals surface area contributed by atoms with Crippen LogP contribution in [0.15, 0.2) is 279 Å². The predicted molar refractivity (Wildman–Crippen MR) is 477 cm³/mol. The van der Waals surface area contributed by atoms with E-state index in [9.17, 15) is 0 Å². The van der Waals surface area contributed by atoms with Gasteiger partial charge in [-0.25, -0.2) is 0 Å². The number of rotatable bonds is 11. The van der Waals surface area contributed by atoms with Crippen molar-refractivity contribution in [2.45, 2.75) is 83.1 Å². The molecule has 0 atom stereocenters. The summed E-state index contributed by atoms with van der Waals surface area (Å²) in [4.78, 5) is 12.5. The molecule has 6 aliphatic rings. The zero-order valence-corrected chi connectivity index (χ0v) is 66.2. The molecule has 21 rings (SSSR count). The Morgan fingerprint density at radius 1 is 0.202 bits per heavy atom. The van der Waals surface area contributed by atoms with Gasteiger partial charge in [0.1, 0.15) is 46.0 Å². The zero-order valence-electron chi connectivity index (χ0n) is 66.2. The quantitative estimate of drug-likeness (QED) is 0.118. The number of anilines is 15. The summed E-state index contributed by atoms with van der Waals surface area (Å²) < 4.78 is 30.4. The van der Waals surface area contributed by atoms with Gasteiger partial charge in [0.05, 0.1) is 51.2 Å². The Kier molecular flexibility index (Phi) is 15.8. The standard InChI is InChI=1S/C102H82B3N5O4/c1-59-29-23-30-60(2)97(59)108(98-61(3)31-24-32-62(98)4)73-49-84-94-90(51-73)111-86-47-21-19-45-76(86)103(94)78-55-79-83(57-82(78)106(84)71-41-15-13-16-42-71)107(72-43-17-14-18-44-72)85-50-74(109(99-63(5)33-25-34-64(99)6)100-65(7)35-26-36-66(100)8)52-91-95(85)105(79)81-56-80-88(58-89(81)113-91)114-93-54-75(53-92-96(93)104(80)77-46-20-22-48-87(77)112-92)110(101-67(9)37-27-38-68(101)10)102-69(11)39-28-40-70(102)12/h13-58H,1-12H3. The van der Waals surface area contributed by atoms with Gasteiger partial charge in [0, 0.05) is 69.9 Å². The first-order chi connectivity index (χ1) is 55.5. The maximum absolute atomic E-state index is 7.94. The van der Waals surface area contributed by atoms with Crippen LogP contribution < -0.4 is 92.6 Å². The summed E-state index contributed by atoms with van der Waals surface area (Å²) in [6, 6.07) is 103. The van der Waals surface area contributed by atoms with Crippen LogP contribution in [-0.4, -0.2) is 20.1 Å². The fourth-order valence-corrected chi connectivity index (χ4v) is 20.0. The van der Waals surface area contributed by atoms with Crippen LogP contribution in [0.4, 0.5) is 85.3 Å². The monoisotopic (exact) mass is 1470 g/mol. The lowest BCUT2D eigenvalue weighted by Gasteiger charge is -2.45. The summed E-state index contributed by atoms with van der Waals surface area (Å²) in [5, 5.41) is 0. The molecule has 12 heteroatoms. The van der Waals surface area contributed by atoms with Crippen molar-refractivity contribution in [3.8, 4) is 46.0 Å². The Morgan fingerprint density at radius 3 is 0.798 bits per heavy atom. The highest BCUT2D eigenvalue weighted by atomic mass is 16.5. The number of hydrogen-bond donors (Lipinski definition) is 0. The Balaban J connectivity index is 0.849. The van der Waals surface area contributed by atoms with Gasteiger partial charge in [-0.15, -0.1) is 0 Å². The molecule has 0 aromatic heterocycles. The third-order valence-electron chi connectivity index (χ3n) is 24.8. The molecule has 0 radical (unpaired) electrons. The summed E-state index contributed by atoms with van der Waals surface area (Å²) in [6.45, 7) is 25.8. The average Bonchev–Trinajstić information content (AvgIpc) is 0.691. The molecule has 0 fully saturated rings. The van der Waals surface area contributed by atoms with Crippen LogP contribution in [0.3, 0.4) is 0 Å². The number of hydrogen-bond acceptors (Lipinski definition) is 9. The van der Waals surface area contributed by atoms with Crippen molar-refractivity contribution < 1.29 is 18.9 Å². The van der Waals surface area contributed by atoms with Crippen molar-refractivity contribution in [3.05, 3.63) is 346 Å². The van der Waals surface area contributed by atoms with Crippen LogP contribution in [0, 0.1) is 83.1 Å². The molecule has 15 aromatic rings. The molecule has 0 unspecified atom stereocenters. The molecule has 6 aliphatic heterocycles. The minimum atomic E-state index is -0.388. The number of ether oxygens (including phenoxy) is 4. The summed E-state index contributed by atoms with van der Waals surface area (Å²) in [5.74, 6) is 6.17. The Morgan fingerprint density at radius 2 is 0.465 bits per heavy atom. The molecule has 548 valence electrons. The molecule has 0 saturated heterocycles. The van der Waals surface area contributed by atoms with E-state index in [0.29, 0.717) is 0 Å². The van der Waals surface area contributed by atoms with Gasteiger partial charge in [-0.05, 0) is 248 Å². The molecule has 6 heterocycles. The van der Waals surface area contributed by atoms with Crippen LogP contribution in [0.1, 0.15) is 66.8 Å². The van der Waals surface area contributed by atoms with E-state index < -0.39 is 0 Å². The largest absolute Gasteiger partial charge is 0.458 e. The lowest BCUT2D eigenvalue weighted by atomic mass is 9.29. The summed E-state index contributed by atoms with van der Waals surface area (Å²) in [7, 11) is 0. The first-order valence-corrected chi connectivity index (χ1v) is 39.8. The third-order valence-corrected chi connectivity index (χ3v) is 24.8. The van der Waals surface area contributed by atoms with Crippen molar-refractivity contribution >= 4 is 155 Å². The van der Waals surface area contributed by atoms with Crippen molar-refractivity contribution in [3.63, 3.8) is 0 Å². The van der Waals surface area contributed by atoms with Crippen molar-refractivity contribution in [1.82, 2.24) is 0 Å². The van der Waals surface area contributed by atoms with E-state index >= 15 is 0 Å². The van der Waals surface area contributed by atoms with Crippen molar-refractivity contribution in [2.24, 2.45) is 0 Å². The minimum absolute atomic E-state index is 0.269. The van der Waals surface area contributed by atoms with Gasteiger partial charge in [-0.2, -0.15) is 0 Å². The molecule has 0 amide bonds. The molecule has 15 aromatic carbocycles. The highest BCUT2D eigenvalue weighted by molar-refractivity contribution is 7.03. The first kappa shape index (κ1) is 68.7. The van der Waals surface area contributed by atoms with E-state index in [-0.39, 0.29) is 20.1 Å². The fraction of sp³-hybridized carbons (Fsp3) is 0.118. The normalized spacial score (nSPS) is 13.1. The van der Waals surface area contributed by atoms with Gasteiger partial charge in [-0.1, -0.05) is 194 Å². The van der Waals surface area contributed by atoms with Gasteiger partial charge in [0.25, 0.3) is 20.1 Å². The molecule has 0 saturated carbocycles. The maximum atomic E-state index is 7.94. The van der Waals surface area contributed by atoms with Crippen LogP contribution in [-0.2, 0) is 0 Å². The van der Waals surface area contributed by atoms with Gasteiger partial charge in [-0.3, -0.25) is 0 Å². The highest BCUT2D eigenvalue weighted by Crippen LogP contribution is 2.54. The third kappa shape index (κ3) is 10.4. The molecule has 114 heavy (non-hydrogen) atoms. The van der Waals surface area contributed by atoms with E-state index in [1.165, 1.54) is 27.7 Å². The van der Waals surface area contributed by atoms with Gasteiger partial charge >= 0.3 is 0 Å². The number of benzene rings is 15. The molecule has 0 aliphatic carbocycles. The van der Waals surface area contributed by atoms with E-state index in [4.69, 9.17) is 18.9 Å². The molecular weight excluding hydrogens is 1390 g/mol. The number of aryl methyl sites for hydroxylation is 12. The maximum Gasteiger partial charge on any atom is 0.260 e. The van der Waals surface area contributed by atoms with Gasteiger partial charge < -0.3 is 43.4 Å². The van der Waals surface area contributed by atoms with E-state index in [1.807, 2.05) is 0 Å². The van der Waals surface area contributed by atoms with E-state index in [1.54, 1.807) is 0 Å². The minimum Gasteiger partial charge on any atom is -0.458 e. The second-order valence-corrected chi connectivity index (χ2v) is 32.1.